The first kappa shape index (κ1) is 24.8. The Kier molecular flexibility index (Phi) is 6.32. The van der Waals surface area contributed by atoms with Crippen LogP contribution in [0.3, 0.4) is 0 Å². The van der Waals surface area contributed by atoms with Gasteiger partial charge >= 0.3 is 11.7 Å². The lowest BCUT2D eigenvalue weighted by Crippen LogP contribution is -2.62. The van der Waals surface area contributed by atoms with Crippen molar-refractivity contribution in [3.8, 4) is 0 Å². The van der Waals surface area contributed by atoms with Gasteiger partial charge in [0.1, 0.15) is 0 Å². The number of rotatable bonds is 5. The highest BCUT2D eigenvalue weighted by Crippen LogP contribution is 2.70. The minimum Gasteiger partial charge on any atom is -0.465 e. The quantitative estimate of drug-likeness (QED) is 0.559. The van der Waals surface area contributed by atoms with Gasteiger partial charge in [-0.1, -0.05) is 13.8 Å². The fourth-order valence-electron chi connectivity index (χ4n) is 9.26. The van der Waals surface area contributed by atoms with E-state index in [0.29, 0.717) is 24.8 Å². The molecule has 3 N–H and O–H groups in total. The van der Waals surface area contributed by atoms with Crippen LogP contribution in [-0.4, -0.2) is 51.1 Å². The van der Waals surface area contributed by atoms with E-state index in [1.807, 2.05) is 6.07 Å². The van der Waals surface area contributed by atoms with Crippen molar-refractivity contribution in [3.05, 3.63) is 34.4 Å². The van der Waals surface area contributed by atoms with E-state index in [0.717, 1.165) is 63.4 Å². The maximum atomic E-state index is 12.4. The van der Waals surface area contributed by atoms with Crippen molar-refractivity contribution in [1.82, 2.24) is 4.90 Å². The first-order valence-electron chi connectivity index (χ1n) is 13.6. The molecule has 0 aromatic carbocycles. The molecule has 1 amide bonds. The van der Waals surface area contributed by atoms with Gasteiger partial charge in [-0.15, -0.1) is 0 Å². The van der Waals surface area contributed by atoms with Crippen LogP contribution in [0.2, 0.25) is 0 Å². The average Bonchev–Trinajstić information content (AvgIpc) is 3.11. The molecule has 0 bridgehead atoms. The number of carboxylic acid groups (broad SMARTS) is 1. The Hall–Kier alpha value is -1.86. The molecule has 35 heavy (non-hydrogen) atoms. The van der Waals surface area contributed by atoms with Crippen LogP contribution in [0.5, 0.6) is 0 Å². The molecule has 194 valence electrons. The zero-order valence-electron chi connectivity index (χ0n) is 21.1. The van der Waals surface area contributed by atoms with Crippen LogP contribution in [0.1, 0.15) is 89.5 Å². The third-order valence-corrected chi connectivity index (χ3v) is 11.2. The summed E-state index contributed by atoms with van der Waals surface area (Å²) in [5.74, 6) is 1.36. The van der Waals surface area contributed by atoms with E-state index >= 15 is 0 Å². The Balaban J connectivity index is 1.37. The highest BCUT2D eigenvalue weighted by molar-refractivity contribution is 5.65. The molecule has 7 nitrogen and oxygen atoms in total. The van der Waals surface area contributed by atoms with E-state index in [1.165, 1.54) is 6.07 Å². The van der Waals surface area contributed by atoms with Crippen molar-refractivity contribution in [2.24, 2.45) is 28.6 Å². The molecule has 0 unspecified atom stereocenters. The zero-order valence-corrected chi connectivity index (χ0v) is 21.1. The molecule has 1 heterocycles. The Labute approximate surface area is 207 Å². The van der Waals surface area contributed by atoms with Crippen molar-refractivity contribution < 1.29 is 24.5 Å². The summed E-state index contributed by atoms with van der Waals surface area (Å²) in [5, 5.41) is 31.4. The molecular formula is C28H41NO6. The lowest BCUT2D eigenvalue weighted by atomic mass is 9.43. The summed E-state index contributed by atoms with van der Waals surface area (Å²) in [6.07, 6.45) is 9.69. The molecule has 8 atom stereocenters. The minimum absolute atomic E-state index is 0.00880. The van der Waals surface area contributed by atoms with Crippen molar-refractivity contribution in [3.63, 3.8) is 0 Å². The van der Waals surface area contributed by atoms with Gasteiger partial charge in [-0.05, 0) is 105 Å². The molecule has 4 aliphatic rings. The Morgan fingerprint density at radius 2 is 1.89 bits per heavy atom. The van der Waals surface area contributed by atoms with E-state index < -0.39 is 11.7 Å². The van der Waals surface area contributed by atoms with E-state index in [2.05, 4.69) is 13.8 Å². The van der Waals surface area contributed by atoms with Gasteiger partial charge in [0.15, 0.2) is 0 Å². The molecule has 0 saturated heterocycles. The molecule has 4 fully saturated rings. The molecule has 7 heteroatoms. The summed E-state index contributed by atoms with van der Waals surface area (Å²) in [7, 11) is 0. The third kappa shape index (κ3) is 3.76. The van der Waals surface area contributed by atoms with Crippen molar-refractivity contribution in [1.29, 1.82) is 0 Å². The second-order valence-electron chi connectivity index (χ2n) is 12.3. The fraction of sp³-hybridized carbons (Fsp3) is 0.786. The van der Waals surface area contributed by atoms with Gasteiger partial charge in [-0.3, -0.25) is 0 Å². The molecule has 0 aliphatic heterocycles. The van der Waals surface area contributed by atoms with E-state index in [9.17, 15) is 24.9 Å². The summed E-state index contributed by atoms with van der Waals surface area (Å²) < 4.78 is 5.20. The van der Waals surface area contributed by atoms with Crippen molar-refractivity contribution >= 4 is 6.09 Å². The van der Waals surface area contributed by atoms with E-state index in [1.54, 1.807) is 11.2 Å². The van der Waals surface area contributed by atoms with Crippen molar-refractivity contribution in [2.75, 3.05) is 13.2 Å². The number of fused-ring (bicyclic) bond motifs is 5. The fourth-order valence-corrected chi connectivity index (χ4v) is 9.26. The smallest absolute Gasteiger partial charge is 0.407 e. The standard InChI is InChI=1S/C28H41NO6/c1-26-11-8-20(29(25(32)33)14-3-15-30)16-19(26)5-6-23-22(26)9-12-27(2)21(10-13-28(23,27)34)18-4-7-24(31)35-17-18/h4,7,17,19-23,30,34H,3,5-6,8-16H2,1-2H3,(H,32,33)/t19-,20+,21-,22+,23-,26+,27-,28+/m1/s1. The summed E-state index contributed by atoms with van der Waals surface area (Å²) >= 11 is 0. The van der Waals surface area contributed by atoms with Gasteiger partial charge in [0.25, 0.3) is 0 Å². The predicted octanol–water partition coefficient (Wildman–Crippen LogP) is 4.61. The summed E-state index contributed by atoms with van der Waals surface area (Å²) in [5.41, 5.74) is -0.154. The lowest BCUT2D eigenvalue weighted by molar-refractivity contribution is -0.203. The minimum atomic E-state index is -0.878. The average molecular weight is 488 g/mol. The topological polar surface area (TPSA) is 111 Å². The molecule has 1 aromatic rings. The van der Waals surface area contributed by atoms with Gasteiger partial charge in [-0.25, -0.2) is 9.59 Å². The number of aliphatic hydroxyl groups excluding tert-OH is 1. The van der Waals surface area contributed by atoms with Crippen LogP contribution in [0.15, 0.2) is 27.6 Å². The maximum Gasteiger partial charge on any atom is 0.407 e. The molecule has 5 rings (SSSR count). The predicted molar refractivity (Wildman–Crippen MR) is 131 cm³/mol. The number of nitrogens with zero attached hydrogens (tertiary/aromatic N) is 1. The van der Waals surface area contributed by atoms with Crippen LogP contribution < -0.4 is 5.63 Å². The van der Waals surface area contributed by atoms with E-state index in [4.69, 9.17) is 4.42 Å². The first-order valence-corrected chi connectivity index (χ1v) is 13.6. The third-order valence-electron chi connectivity index (χ3n) is 11.2. The Morgan fingerprint density at radius 1 is 1.09 bits per heavy atom. The van der Waals surface area contributed by atoms with Gasteiger partial charge in [0.2, 0.25) is 0 Å². The Morgan fingerprint density at radius 3 is 2.57 bits per heavy atom. The highest BCUT2D eigenvalue weighted by Gasteiger charge is 2.67. The summed E-state index contributed by atoms with van der Waals surface area (Å²) in [4.78, 5) is 25.0. The van der Waals surface area contributed by atoms with E-state index in [-0.39, 0.29) is 40.9 Å². The normalized spacial score (nSPS) is 42.6. The monoisotopic (exact) mass is 487 g/mol. The number of hydrogen-bond donors (Lipinski definition) is 3. The van der Waals surface area contributed by atoms with Crippen LogP contribution in [0, 0.1) is 28.6 Å². The van der Waals surface area contributed by atoms with Crippen LogP contribution >= 0.6 is 0 Å². The maximum absolute atomic E-state index is 12.4. The lowest BCUT2D eigenvalue weighted by Gasteiger charge is -2.64. The summed E-state index contributed by atoms with van der Waals surface area (Å²) in [6, 6.07) is 3.39. The second kappa shape index (κ2) is 8.91. The molecule has 0 radical (unpaired) electrons. The van der Waals surface area contributed by atoms with Crippen LogP contribution in [-0.2, 0) is 0 Å². The van der Waals surface area contributed by atoms with Crippen LogP contribution in [0.25, 0.3) is 0 Å². The second-order valence-corrected chi connectivity index (χ2v) is 12.3. The van der Waals surface area contributed by atoms with Gasteiger partial charge in [0, 0.05) is 30.7 Å². The van der Waals surface area contributed by atoms with Gasteiger partial charge in [-0.2, -0.15) is 0 Å². The zero-order chi connectivity index (χ0) is 25.0. The Bertz CT molecular complexity index is 989. The van der Waals surface area contributed by atoms with Crippen molar-refractivity contribution in [2.45, 2.75) is 95.6 Å². The molecular weight excluding hydrogens is 446 g/mol. The number of aliphatic hydroxyl groups is 2. The molecule has 4 saturated carbocycles. The summed E-state index contributed by atoms with van der Waals surface area (Å²) in [6.45, 7) is 5.07. The molecule has 0 spiro atoms. The number of hydrogen-bond acceptors (Lipinski definition) is 5. The van der Waals surface area contributed by atoms with Gasteiger partial charge in [0.05, 0.1) is 11.9 Å². The SMILES string of the molecule is C[C@]12CC[C@H](N(CCCO)C(=O)O)C[C@H]1CC[C@@H]1[C@@H]2CC[C@]2(C)[C@@H](c3ccc(=O)oc3)CC[C@]12O. The number of carbonyl (C=O) groups is 1. The number of amides is 1. The largest absolute Gasteiger partial charge is 0.465 e. The molecule has 4 aliphatic carbocycles. The highest BCUT2D eigenvalue weighted by atomic mass is 16.4. The first-order chi connectivity index (χ1) is 16.6. The van der Waals surface area contributed by atoms with Gasteiger partial charge < -0.3 is 24.6 Å². The van der Waals surface area contributed by atoms with Crippen LogP contribution in [0.4, 0.5) is 4.79 Å². The molecule has 1 aromatic heterocycles.